The van der Waals surface area contributed by atoms with Gasteiger partial charge in [-0.1, -0.05) is 11.6 Å². The van der Waals surface area contributed by atoms with Gasteiger partial charge in [-0.15, -0.1) is 10.2 Å². The lowest BCUT2D eigenvalue weighted by atomic mass is 9.77. The summed E-state index contributed by atoms with van der Waals surface area (Å²) in [6.07, 6.45) is 4.73. The number of benzene rings is 1. The van der Waals surface area contributed by atoms with Crippen LogP contribution < -0.4 is 5.32 Å². The van der Waals surface area contributed by atoms with Crippen LogP contribution in [0.5, 0.6) is 5.75 Å². The molecule has 1 aliphatic carbocycles. The molecule has 25 heavy (non-hydrogen) atoms. The molecule has 0 saturated heterocycles. The van der Waals surface area contributed by atoms with E-state index in [0.29, 0.717) is 34.9 Å². The predicted molar refractivity (Wildman–Crippen MR) is 96.7 cm³/mol. The summed E-state index contributed by atoms with van der Waals surface area (Å²) in [5, 5.41) is 34.1. The number of halogens is 1. The van der Waals surface area contributed by atoms with E-state index >= 15 is 0 Å². The smallest absolute Gasteiger partial charge is 0.158 e. The van der Waals surface area contributed by atoms with E-state index in [-0.39, 0.29) is 11.8 Å². The van der Waals surface area contributed by atoms with E-state index in [9.17, 15) is 10.2 Å². The van der Waals surface area contributed by atoms with E-state index < -0.39 is 5.60 Å². The number of aromatic nitrogens is 3. The third-order valence-corrected chi connectivity index (χ3v) is 4.74. The summed E-state index contributed by atoms with van der Waals surface area (Å²) in [7, 11) is 0. The zero-order chi connectivity index (χ0) is 17.6. The van der Waals surface area contributed by atoms with E-state index in [1.165, 1.54) is 6.07 Å². The standard InChI is InChI=1S/C18H17ClN4O2/c1-18(25)7-11(8-18)21-17-14-9-20-5-4-12(14)16(22-23-17)13-3-2-10(19)6-15(13)24/h2-6,9,11,24-25H,7-8H2,1H3,(H,21,23). The summed E-state index contributed by atoms with van der Waals surface area (Å²) in [6, 6.07) is 6.90. The summed E-state index contributed by atoms with van der Waals surface area (Å²) >= 11 is 5.91. The maximum absolute atomic E-state index is 10.2. The summed E-state index contributed by atoms with van der Waals surface area (Å²) in [4.78, 5) is 4.18. The van der Waals surface area contributed by atoms with Gasteiger partial charge in [0.25, 0.3) is 0 Å². The van der Waals surface area contributed by atoms with Gasteiger partial charge < -0.3 is 15.5 Å². The zero-order valence-electron chi connectivity index (χ0n) is 13.6. The van der Waals surface area contributed by atoms with E-state index in [1.54, 1.807) is 24.5 Å². The molecule has 0 radical (unpaired) electrons. The van der Waals surface area contributed by atoms with Crippen molar-refractivity contribution in [2.45, 2.75) is 31.4 Å². The molecule has 128 valence electrons. The highest BCUT2D eigenvalue weighted by Crippen LogP contribution is 2.37. The third kappa shape index (κ3) is 2.99. The van der Waals surface area contributed by atoms with Gasteiger partial charge in [-0.25, -0.2) is 0 Å². The Bertz CT molecular complexity index is 953. The summed E-state index contributed by atoms with van der Waals surface area (Å²) in [5.74, 6) is 0.677. The Labute approximate surface area is 149 Å². The molecule has 4 rings (SSSR count). The van der Waals surface area contributed by atoms with E-state index in [2.05, 4.69) is 20.5 Å². The number of rotatable bonds is 3. The average Bonchev–Trinajstić information content (AvgIpc) is 2.54. The first-order chi connectivity index (χ1) is 11.9. The van der Waals surface area contributed by atoms with Gasteiger partial charge in [0.05, 0.1) is 5.60 Å². The van der Waals surface area contributed by atoms with Gasteiger partial charge in [-0.3, -0.25) is 4.98 Å². The summed E-state index contributed by atoms with van der Waals surface area (Å²) in [5.41, 5.74) is 0.512. The van der Waals surface area contributed by atoms with Crippen molar-refractivity contribution in [2.75, 3.05) is 5.32 Å². The molecule has 0 unspecified atom stereocenters. The highest BCUT2D eigenvalue weighted by Gasteiger charge is 2.38. The van der Waals surface area contributed by atoms with E-state index in [4.69, 9.17) is 11.6 Å². The molecule has 1 fully saturated rings. The van der Waals surface area contributed by atoms with Crippen molar-refractivity contribution in [1.29, 1.82) is 0 Å². The quantitative estimate of drug-likeness (QED) is 0.666. The van der Waals surface area contributed by atoms with Crippen LogP contribution in [0.4, 0.5) is 5.82 Å². The fraction of sp³-hybridized carbons (Fsp3) is 0.278. The molecule has 2 heterocycles. The Morgan fingerprint density at radius 2 is 2.00 bits per heavy atom. The van der Waals surface area contributed by atoms with Gasteiger partial charge in [-0.2, -0.15) is 0 Å². The molecule has 0 spiro atoms. The fourth-order valence-electron chi connectivity index (χ4n) is 3.31. The number of pyridine rings is 1. The molecule has 7 heteroatoms. The minimum atomic E-state index is -0.617. The van der Waals surface area contributed by atoms with Crippen LogP contribution in [0.3, 0.4) is 0 Å². The van der Waals surface area contributed by atoms with Crippen molar-refractivity contribution >= 4 is 28.2 Å². The van der Waals surface area contributed by atoms with Crippen LogP contribution in [0.25, 0.3) is 22.0 Å². The van der Waals surface area contributed by atoms with Crippen molar-refractivity contribution in [2.24, 2.45) is 0 Å². The summed E-state index contributed by atoms with van der Waals surface area (Å²) in [6.45, 7) is 1.82. The third-order valence-electron chi connectivity index (χ3n) is 4.51. The second-order valence-corrected chi connectivity index (χ2v) is 7.16. The number of phenols is 1. The number of nitrogens with one attached hydrogen (secondary N) is 1. The summed E-state index contributed by atoms with van der Waals surface area (Å²) < 4.78 is 0. The molecule has 1 saturated carbocycles. The Balaban J connectivity index is 1.77. The Morgan fingerprint density at radius 3 is 2.72 bits per heavy atom. The lowest BCUT2D eigenvalue weighted by Gasteiger charge is -2.41. The van der Waals surface area contributed by atoms with Crippen LogP contribution in [0.2, 0.25) is 5.02 Å². The van der Waals surface area contributed by atoms with Crippen LogP contribution >= 0.6 is 11.6 Å². The molecule has 3 N–H and O–H groups in total. The maximum atomic E-state index is 10.2. The fourth-order valence-corrected chi connectivity index (χ4v) is 3.47. The average molecular weight is 357 g/mol. The predicted octanol–water partition coefficient (Wildman–Crippen LogP) is 3.38. The van der Waals surface area contributed by atoms with Gasteiger partial charge >= 0.3 is 0 Å². The van der Waals surface area contributed by atoms with Crippen molar-refractivity contribution in [3.8, 4) is 17.0 Å². The van der Waals surface area contributed by atoms with Gasteiger partial charge in [0, 0.05) is 39.8 Å². The number of anilines is 1. The van der Waals surface area contributed by atoms with Crippen molar-refractivity contribution < 1.29 is 10.2 Å². The number of fused-ring (bicyclic) bond motifs is 1. The number of aromatic hydroxyl groups is 1. The van der Waals surface area contributed by atoms with E-state index in [1.807, 2.05) is 13.0 Å². The lowest BCUT2D eigenvalue weighted by Crippen LogP contribution is -2.48. The van der Waals surface area contributed by atoms with Crippen LogP contribution in [-0.2, 0) is 0 Å². The molecular formula is C18H17ClN4O2. The minimum Gasteiger partial charge on any atom is -0.507 e. The normalized spacial score (nSPS) is 22.6. The number of hydrogen-bond acceptors (Lipinski definition) is 6. The first-order valence-electron chi connectivity index (χ1n) is 8.01. The highest BCUT2D eigenvalue weighted by atomic mass is 35.5. The number of phenolic OH excluding ortho intramolecular Hbond substituents is 1. The molecule has 1 aromatic carbocycles. The van der Waals surface area contributed by atoms with E-state index in [0.717, 1.165) is 10.8 Å². The number of aliphatic hydroxyl groups is 1. The Hall–Kier alpha value is -2.44. The largest absolute Gasteiger partial charge is 0.507 e. The SMILES string of the molecule is CC1(O)CC(Nc2nnc(-c3ccc(Cl)cc3O)c3ccncc23)C1. The topological polar surface area (TPSA) is 91.2 Å². The number of nitrogens with zero attached hydrogens (tertiary/aromatic N) is 3. The molecule has 0 aliphatic heterocycles. The van der Waals surface area contributed by atoms with Gasteiger partial charge in [0.1, 0.15) is 11.4 Å². The molecule has 6 nitrogen and oxygen atoms in total. The Kier molecular flexibility index (Phi) is 3.74. The first kappa shape index (κ1) is 16.1. The molecule has 0 amide bonds. The molecular weight excluding hydrogens is 340 g/mol. The monoisotopic (exact) mass is 356 g/mol. The van der Waals surface area contributed by atoms with Gasteiger partial charge in [-0.05, 0) is 44.0 Å². The van der Waals surface area contributed by atoms with Crippen LogP contribution in [0.1, 0.15) is 19.8 Å². The second-order valence-electron chi connectivity index (χ2n) is 6.73. The van der Waals surface area contributed by atoms with Gasteiger partial charge in [0.15, 0.2) is 5.82 Å². The van der Waals surface area contributed by atoms with Crippen LogP contribution in [0.15, 0.2) is 36.7 Å². The maximum Gasteiger partial charge on any atom is 0.158 e. The highest BCUT2D eigenvalue weighted by molar-refractivity contribution is 6.30. The van der Waals surface area contributed by atoms with Crippen molar-refractivity contribution in [3.05, 3.63) is 41.7 Å². The van der Waals surface area contributed by atoms with Crippen LogP contribution in [0, 0.1) is 0 Å². The molecule has 0 atom stereocenters. The van der Waals surface area contributed by atoms with Crippen LogP contribution in [-0.4, -0.2) is 37.0 Å². The lowest BCUT2D eigenvalue weighted by molar-refractivity contribution is -0.0235. The molecule has 0 bridgehead atoms. The Morgan fingerprint density at radius 1 is 1.20 bits per heavy atom. The molecule has 3 aromatic rings. The van der Waals surface area contributed by atoms with Gasteiger partial charge in [0.2, 0.25) is 0 Å². The number of hydrogen-bond donors (Lipinski definition) is 3. The van der Waals surface area contributed by atoms with Crippen molar-refractivity contribution in [1.82, 2.24) is 15.2 Å². The minimum absolute atomic E-state index is 0.0515. The first-order valence-corrected chi connectivity index (χ1v) is 8.39. The molecule has 1 aliphatic rings. The second kappa shape index (κ2) is 5.82. The van der Waals surface area contributed by atoms with Crippen molar-refractivity contribution in [3.63, 3.8) is 0 Å². The zero-order valence-corrected chi connectivity index (χ0v) is 14.3. The molecule has 2 aromatic heterocycles.